The summed E-state index contributed by atoms with van der Waals surface area (Å²) in [6, 6.07) is 0. The van der Waals surface area contributed by atoms with E-state index in [1.54, 1.807) is 0 Å². The van der Waals surface area contributed by atoms with Crippen LogP contribution in [0.4, 0.5) is 0 Å². The quantitative estimate of drug-likeness (QED) is 0.484. The highest BCUT2D eigenvalue weighted by atomic mass is 16.5. The molecule has 0 aliphatic heterocycles. The molecule has 0 aromatic carbocycles. The van der Waals surface area contributed by atoms with Gasteiger partial charge in [0.05, 0.1) is 13.0 Å². The maximum Gasteiger partial charge on any atom is 0.309 e. The van der Waals surface area contributed by atoms with Crippen LogP contribution >= 0.6 is 0 Å². The lowest BCUT2D eigenvalue weighted by Gasteiger charge is -2.03. The molecule has 0 aromatic heterocycles. The van der Waals surface area contributed by atoms with Crippen molar-refractivity contribution in [2.75, 3.05) is 6.61 Å². The summed E-state index contributed by atoms with van der Waals surface area (Å²) in [5.41, 5.74) is 1.36. The Morgan fingerprint density at radius 2 is 2.06 bits per heavy atom. The molecule has 92 valence electrons. The fraction of sp³-hybridized carbons (Fsp3) is 0.643. The molecule has 2 heteroatoms. The Balaban J connectivity index is 3.70. The van der Waals surface area contributed by atoms with Crippen molar-refractivity contribution in [3.63, 3.8) is 0 Å². The molecule has 0 N–H and O–H groups in total. The van der Waals surface area contributed by atoms with Gasteiger partial charge in [0.2, 0.25) is 0 Å². The number of esters is 1. The molecule has 2 nitrogen and oxygen atoms in total. The Hall–Kier alpha value is -1.05. The van der Waals surface area contributed by atoms with Gasteiger partial charge in [0.25, 0.3) is 0 Å². The first-order valence-electron chi connectivity index (χ1n) is 6.02. The molecule has 0 unspecified atom stereocenters. The molecule has 0 saturated heterocycles. The van der Waals surface area contributed by atoms with Gasteiger partial charge in [-0.3, -0.25) is 4.79 Å². The summed E-state index contributed by atoms with van der Waals surface area (Å²) in [5.74, 6) is 0.375. The van der Waals surface area contributed by atoms with Gasteiger partial charge in [-0.05, 0) is 39.5 Å². The summed E-state index contributed by atoms with van der Waals surface area (Å²) in [5, 5.41) is 0. The molecule has 0 aromatic rings. The van der Waals surface area contributed by atoms with Gasteiger partial charge >= 0.3 is 5.97 Å². The standard InChI is InChI=1S/C14H24O2/c1-5-16-14(15)11-7-10-13(4)9-6-8-12(2)3/h7-8,10,13H,5-6,9,11H2,1-4H3/b10-7+/t13-/m1/s1. The van der Waals surface area contributed by atoms with Crippen LogP contribution in [0.25, 0.3) is 0 Å². The van der Waals surface area contributed by atoms with Gasteiger partial charge in [-0.25, -0.2) is 0 Å². The predicted octanol–water partition coefficient (Wildman–Crippen LogP) is 3.88. The Bertz CT molecular complexity index is 247. The summed E-state index contributed by atoms with van der Waals surface area (Å²) in [6.07, 6.45) is 8.87. The number of hydrogen-bond acceptors (Lipinski definition) is 2. The SMILES string of the molecule is CCOC(=O)C/C=C/[C@H](C)CCC=C(C)C. The van der Waals surface area contributed by atoms with Crippen molar-refractivity contribution < 1.29 is 9.53 Å². The van der Waals surface area contributed by atoms with Crippen molar-refractivity contribution in [2.45, 2.75) is 47.0 Å². The smallest absolute Gasteiger partial charge is 0.309 e. The minimum atomic E-state index is -0.143. The van der Waals surface area contributed by atoms with Crippen molar-refractivity contribution >= 4 is 5.97 Å². The van der Waals surface area contributed by atoms with Crippen LogP contribution in [0.1, 0.15) is 47.0 Å². The number of hydrogen-bond donors (Lipinski definition) is 0. The molecule has 0 spiro atoms. The fourth-order valence-electron chi connectivity index (χ4n) is 1.35. The zero-order chi connectivity index (χ0) is 12.4. The summed E-state index contributed by atoms with van der Waals surface area (Å²) in [7, 11) is 0. The van der Waals surface area contributed by atoms with E-state index in [4.69, 9.17) is 4.74 Å². The number of rotatable bonds is 7. The average Bonchev–Trinajstić information content (AvgIpc) is 2.17. The van der Waals surface area contributed by atoms with Gasteiger partial charge in [-0.1, -0.05) is 30.7 Å². The van der Waals surface area contributed by atoms with Crippen molar-refractivity contribution in [1.82, 2.24) is 0 Å². The molecule has 0 heterocycles. The van der Waals surface area contributed by atoms with E-state index in [9.17, 15) is 4.79 Å². The van der Waals surface area contributed by atoms with E-state index < -0.39 is 0 Å². The lowest BCUT2D eigenvalue weighted by molar-refractivity contribution is -0.142. The third-order valence-electron chi connectivity index (χ3n) is 2.23. The monoisotopic (exact) mass is 224 g/mol. The first kappa shape index (κ1) is 14.9. The molecule has 16 heavy (non-hydrogen) atoms. The first-order valence-corrected chi connectivity index (χ1v) is 6.02. The third-order valence-corrected chi connectivity index (χ3v) is 2.23. The van der Waals surface area contributed by atoms with Gasteiger partial charge in [0.15, 0.2) is 0 Å². The Kier molecular flexibility index (Phi) is 8.59. The van der Waals surface area contributed by atoms with Gasteiger partial charge in [0, 0.05) is 0 Å². The molecule has 0 aliphatic carbocycles. The van der Waals surface area contributed by atoms with Crippen molar-refractivity contribution in [3.05, 3.63) is 23.8 Å². The second kappa shape index (κ2) is 9.20. The topological polar surface area (TPSA) is 26.3 Å². The summed E-state index contributed by atoms with van der Waals surface area (Å²) >= 11 is 0. The fourth-order valence-corrected chi connectivity index (χ4v) is 1.35. The van der Waals surface area contributed by atoms with Gasteiger partial charge in [0.1, 0.15) is 0 Å². The largest absolute Gasteiger partial charge is 0.466 e. The third kappa shape index (κ3) is 9.50. The van der Waals surface area contributed by atoms with Crippen molar-refractivity contribution in [1.29, 1.82) is 0 Å². The number of allylic oxidation sites excluding steroid dienone is 3. The van der Waals surface area contributed by atoms with Crippen LogP contribution in [0.2, 0.25) is 0 Å². The van der Waals surface area contributed by atoms with E-state index in [1.807, 2.05) is 13.0 Å². The minimum absolute atomic E-state index is 0.143. The number of carbonyl (C=O) groups excluding carboxylic acids is 1. The Morgan fingerprint density at radius 1 is 1.38 bits per heavy atom. The minimum Gasteiger partial charge on any atom is -0.466 e. The van der Waals surface area contributed by atoms with E-state index in [-0.39, 0.29) is 5.97 Å². The predicted molar refractivity (Wildman–Crippen MR) is 68.2 cm³/mol. The van der Waals surface area contributed by atoms with E-state index >= 15 is 0 Å². The second-order valence-electron chi connectivity index (χ2n) is 4.27. The highest BCUT2D eigenvalue weighted by molar-refractivity contribution is 5.71. The van der Waals surface area contributed by atoms with Crippen LogP contribution in [0.5, 0.6) is 0 Å². The van der Waals surface area contributed by atoms with Crippen LogP contribution in [-0.2, 0) is 9.53 Å². The van der Waals surface area contributed by atoms with Crippen LogP contribution in [-0.4, -0.2) is 12.6 Å². The maximum absolute atomic E-state index is 11.0. The molecule has 0 rings (SSSR count). The van der Waals surface area contributed by atoms with E-state index in [0.717, 1.165) is 12.8 Å². The zero-order valence-electron chi connectivity index (χ0n) is 11.0. The lowest BCUT2D eigenvalue weighted by Crippen LogP contribution is -2.01. The van der Waals surface area contributed by atoms with E-state index in [0.29, 0.717) is 18.9 Å². The Labute approximate surface area is 99.4 Å². The molecule has 0 fully saturated rings. The van der Waals surface area contributed by atoms with Gasteiger partial charge in [-0.2, -0.15) is 0 Å². The maximum atomic E-state index is 11.0. The number of carbonyl (C=O) groups is 1. The lowest BCUT2D eigenvalue weighted by atomic mass is 10.0. The molecule has 1 atom stereocenters. The second-order valence-corrected chi connectivity index (χ2v) is 4.27. The molecule has 0 bridgehead atoms. The molecule has 0 aliphatic rings. The van der Waals surface area contributed by atoms with Crippen LogP contribution < -0.4 is 0 Å². The number of ether oxygens (including phenoxy) is 1. The summed E-state index contributed by atoms with van der Waals surface area (Å²) < 4.78 is 4.84. The molecule has 0 amide bonds. The highest BCUT2D eigenvalue weighted by Crippen LogP contribution is 2.09. The van der Waals surface area contributed by atoms with E-state index in [2.05, 4.69) is 32.9 Å². The molecule has 0 radical (unpaired) electrons. The van der Waals surface area contributed by atoms with Crippen LogP contribution in [0.15, 0.2) is 23.8 Å². The zero-order valence-corrected chi connectivity index (χ0v) is 11.0. The van der Waals surface area contributed by atoms with Gasteiger partial charge in [-0.15, -0.1) is 0 Å². The van der Waals surface area contributed by atoms with Crippen molar-refractivity contribution in [2.24, 2.45) is 5.92 Å². The van der Waals surface area contributed by atoms with Gasteiger partial charge < -0.3 is 4.74 Å². The van der Waals surface area contributed by atoms with Crippen molar-refractivity contribution in [3.8, 4) is 0 Å². The summed E-state index contributed by atoms with van der Waals surface area (Å²) in [6.45, 7) is 8.68. The normalized spacial score (nSPS) is 12.5. The van der Waals surface area contributed by atoms with Crippen LogP contribution in [0, 0.1) is 5.92 Å². The highest BCUT2D eigenvalue weighted by Gasteiger charge is 1.98. The molecular weight excluding hydrogens is 200 g/mol. The average molecular weight is 224 g/mol. The first-order chi connectivity index (χ1) is 7.56. The van der Waals surface area contributed by atoms with Crippen LogP contribution in [0.3, 0.4) is 0 Å². The molecular formula is C14H24O2. The summed E-state index contributed by atoms with van der Waals surface area (Å²) in [4.78, 5) is 11.0. The van der Waals surface area contributed by atoms with E-state index in [1.165, 1.54) is 5.57 Å². The molecule has 0 saturated carbocycles. The Morgan fingerprint density at radius 3 is 2.62 bits per heavy atom.